The minimum atomic E-state index is -0.468. The number of esters is 1. The molecular formula is C13H16N4O2. The van der Waals surface area contributed by atoms with Gasteiger partial charge in [0, 0.05) is 12.1 Å². The van der Waals surface area contributed by atoms with E-state index in [-0.39, 0.29) is 5.69 Å². The van der Waals surface area contributed by atoms with Crippen LogP contribution in [0.1, 0.15) is 17.4 Å². The molecule has 2 aromatic rings. The van der Waals surface area contributed by atoms with Gasteiger partial charge in [0.15, 0.2) is 5.69 Å². The van der Waals surface area contributed by atoms with E-state index in [2.05, 4.69) is 10.3 Å². The first-order valence-electron chi connectivity index (χ1n) is 6.14. The van der Waals surface area contributed by atoms with Crippen molar-refractivity contribution in [3.8, 4) is 11.3 Å². The Morgan fingerprint density at radius 1 is 1.37 bits per heavy atom. The average molecular weight is 260 g/mol. The lowest BCUT2D eigenvalue weighted by Crippen LogP contribution is -2.13. The second kappa shape index (κ2) is 6.10. The van der Waals surface area contributed by atoms with Gasteiger partial charge < -0.3 is 10.5 Å². The molecule has 0 aliphatic carbocycles. The van der Waals surface area contributed by atoms with Gasteiger partial charge in [-0.1, -0.05) is 35.5 Å². The Hall–Kier alpha value is -2.21. The Morgan fingerprint density at radius 3 is 2.74 bits per heavy atom. The van der Waals surface area contributed by atoms with Gasteiger partial charge in [0.2, 0.25) is 0 Å². The van der Waals surface area contributed by atoms with Crippen molar-refractivity contribution in [2.75, 3.05) is 13.2 Å². The predicted molar refractivity (Wildman–Crippen MR) is 70.5 cm³/mol. The zero-order valence-electron chi connectivity index (χ0n) is 10.7. The summed E-state index contributed by atoms with van der Waals surface area (Å²) in [4.78, 5) is 11.9. The summed E-state index contributed by atoms with van der Waals surface area (Å²) in [6.07, 6.45) is 0. The molecule has 2 rings (SSSR count). The number of benzene rings is 1. The second-order valence-corrected chi connectivity index (χ2v) is 3.88. The van der Waals surface area contributed by atoms with Gasteiger partial charge in [0.25, 0.3) is 0 Å². The van der Waals surface area contributed by atoms with Crippen molar-refractivity contribution in [2.45, 2.75) is 13.5 Å². The Balaban J connectivity index is 2.48. The van der Waals surface area contributed by atoms with Gasteiger partial charge in [0.1, 0.15) is 5.69 Å². The van der Waals surface area contributed by atoms with Crippen LogP contribution in [-0.2, 0) is 11.3 Å². The highest BCUT2D eigenvalue weighted by Gasteiger charge is 2.21. The summed E-state index contributed by atoms with van der Waals surface area (Å²) in [6, 6.07) is 9.49. The number of nitrogens with two attached hydrogens (primary N) is 1. The van der Waals surface area contributed by atoms with Crippen LogP contribution in [0, 0.1) is 0 Å². The van der Waals surface area contributed by atoms with Gasteiger partial charge in [-0.25, -0.2) is 9.48 Å². The summed E-state index contributed by atoms with van der Waals surface area (Å²) in [5.74, 6) is -0.468. The average Bonchev–Trinajstić information content (AvgIpc) is 2.84. The maximum Gasteiger partial charge on any atom is 0.361 e. The first kappa shape index (κ1) is 13.2. The molecule has 6 heteroatoms. The summed E-state index contributed by atoms with van der Waals surface area (Å²) in [5.41, 5.74) is 7.28. The molecule has 6 nitrogen and oxygen atoms in total. The van der Waals surface area contributed by atoms with Crippen LogP contribution in [0.2, 0.25) is 0 Å². The summed E-state index contributed by atoms with van der Waals surface area (Å²) in [6.45, 7) is 2.98. The van der Waals surface area contributed by atoms with E-state index >= 15 is 0 Å². The molecule has 0 fully saturated rings. The molecule has 100 valence electrons. The number of hydrogen-bond donors (Lipinski definition) is 1. The highest BCUT2D eigenvalue weighted by atomic mass is 16.5. The number of nitrogens with zero attached hydrogens (tertiary/aromatic N) is 3. The maximum absolute atomic E-state index is 11.9. The predicted octanol–water partition coefficient (Wildman–Crippen LogP) is 1.08. The number of ether oxygens (including phenoxy) is 1. The van der Waals surface area contributed by atoms with E-state index in [4.69, 9.17) is 10.5 Å². The van der Waals surface area contributed by atoms with E-state index in [0.29, 0.717) is 25.4 Å². The quantitative estimate of drug-likeness (QED) is 0.813. The van der Waals surface area contributed by atoms with Gasteiger partial charge in [0.05, 0.1) is 13.2 Å². The van der Waals surface area contributed by atoms with Gasteiger partial charge in [-0.05, 0) is 6.92 Å². The van der Waals surface area contributed by atoms with Gasteiger partial charge >= 0.3 is 5.97 Å². The molecule has 0 bridgehead atoms. The fraction of sp³-hybridized carbons (Fsp3) is 0.308. The lowest BCUT2D eigenvalue weighted by atomic mass is 10.1. The van der Waals surface area contributed by atoms with Crippen molar-refractivity contribution in [1.82, 2.24) is 15.0 Å². The highest BCUT2D eigenvalue weighted by Crippen LogP contribution is 2.22. The molecule has 19 heavy (non-hydrogen) atoms. The lowest BCUT2D eigenvalue weighted by Gasteiger charge is -2.06. The van der Waals surface area contributed by atoms with E-state index in [0.717, 1.165) is 5.56 Å². The summed E-state index contributed by atoms with van der Waals surface area (Å²) < 4.78 is 6.62. The van der Waals surface area contributed by atoms with Crippen LogP contribution in [0.5, 0.6) is 0 Å². The summed E-state index contributed by atoms with van der Waals surface area (Å²) in [7, 11) is 0. The van der Waals surface area contributed by atoms with E-state index in [1.807, 2.05) is 30.3 Å². The van der Waals surface area contributed by atoms with E-state index < -0.39 is 5.97 Å². The van der Waals surface area contributed by atoms with E-state index in [1.165, 1.54) is 0 Å². The van der Waals surface area contributed by atoms with Crippen LogP contribution < -0.4 is 5.73 Å². The highest BCUT2D eigenvalue weighted by molar-refractivity contribution is 5.94. The topological polar surface area (TPSA) is 83.0 Å². The molecule has 1 aromatic carbocycles. The minimum Gasteiger partial charge on any atom is -0.461 e. The van der Waals surface area contributed by atoms with Gasteiger partial charge in [-0.2, -0.15) is 0 Å². The normalized spacial score (nSPS) is 10.4. The largest absolute Gasteiger partial charge is 0.461 e. The second-order valence-electron chi connectivity index (χ2n) is 3.88. The summed E-state index contributed by atoms with van der Waals surface area (Å²) in [5, 5.41) is 7.88. The molecule has 0 saturated heterocycles. The molecule has 0 aliphatic rings. The molecule has 0 aliphatic heterocycles. The number of hydrogen-bond acceptors (Lipinski definition) is 5. The molecule has 0 amide bonds. The molecule has 0 atom stereocenters. The molecule has 0 saturated carbocycles. The van der Waals surface area contributed by atoms with Crippen LogP contribution in [0.4, 0.5) is 0 Å². The van der Waals surface area contributed by atoms with Crippen LogP contribution in [0.15, 0.2) is 30.3 Å². The Morgan fingerprint density at radius 2 is 2.11 bits per heavy atom. The van der Waals surface area contributed by atoms with Crippen molar-refractivity contribution in [2.24, 2.45) is 5.73 Å². The van der Waals surface area contributed by atoms with Gasteiger partial charge in [-0.15, -0.1) is 5.10 Å². The number of rotatable bonds is 5. The summed E-state index contributed by atoms with van der Waals surface area (Å²) >= 11 is 0. The fourth-order valence-corrected chi connectivity index (χ4v) is 1.81. The van der Waals surface area contributed by atoms with Crippen LogP contribution in [0.3, 0.4) is 0 Å². The monoisotopic (exact) mass is 260 g/mol. The first-order valence-corrected chi connectivity index (χ1v) is 6.14. The standard InChI is InChI=1S/C13H16N4O2/c1-2-19-13(18)11-12(10-6-4-3-5-7-10)17(9-8-14)16-15-11/h3-7H,2,8-9,14H2,1H3. The zero-order valence-corrected chi connectivity index (χ0v) is 10.7. The Kier molecular flexibility index (Phi) is 4.25. The van der Waals surface area contributed by atoms with Crippen LogP contribution >= 0.6 is 0 Å². The Labute approximate surface area is 111 Å². The van der Waals surface area contributed by atoms with Gasteiger partial charge in [-0.3, -0.25) is 0 Å². The van der Waals surface area contributed by atoms with E-state index in [9.17, 15) is 4.79 Å². The third-order valence-electron chi connectivity index (χ3n) is 2.59. The number of carbonyl (C=O) groups is 1. The maximum atomic E-state index is 11.9. The first-order chi connectivity index (χ1) is 9.27. The van der Waals surface area contributed by atoms with Crippen molar-refractivity contribution in [3.05, 3.63) is 36.0 Å². The molecule has 1 heterocycles. The lowest BCUT2D eigenvalue weighted by molar-refractivity contribution is 0.0520. The van der Waals surface area contributed by atoms with Crippen molar-refractivity contribution < 1.29 is 9.53 Å². The zero-order chi connectivity index (χ0) is 13.7. The van der Waals surface area contributed by atoms with Crippen molar-refractivity contribution in [1.29, 1.82) is 0 Å². The third-order valence-corrected chi connectivity index (χ3v) is 2.59. The molecule has 1 aromatic heterocycles. The molecule has 0 spiro atoms. The van der Waals surface area contributed by atoms with Crippen LogP contribution in [-0.4, -0.2) is 34.1 Å². The number of carbonyl (C=O) groups excluding carboxylic acids is 1. The molecule has 0 unspecified atom stereocenters. The van der Waals surface area contributed by atoms with Crippen molar-refractivity contribution in [3.63, 3.8) is 0 Å². The van der Waals surface area contributed by atoms with Crippen LogP contribution in [0.25, 0.3) is 11.3 Å². The van der Waals surface area contributed by atoms with Crippen molar-refractivity contribution >= 4 is 5.97 Å². The smallest absolute Gasteiger partial charge is 0.361 e. The molecule has 2 N–H and O–H groups in total. The molecular weight excluding hydrogens is 244 g/mol. The third kappa shape index (κ3) is 2.79. The SMILES string of the molecule is CCOC(=O)c1nnn(CCN)c1-c1ccccc1. The number of aromatic nitrogens is 3. The fourth-order valence-electron chi connectivity index (χ4n) is 1.81. The Bertz CT molecular complexity index is 551. The minimum absolute atomic E-state index is 0.224. The molecule has 0 radical (unpaired) electrons. The van der Waals surface area contributed by atoms with E-state index in [1.54, 1.807) is 11.6 Å².